The van der Waals surface area contributed by atoms with Gasteiger partial charge in [-0.3, -0.25) is 10.5 Å². The number of ether oxygens (including phenoxy) is 2. The molecular formula is C13H17NO5. The Kier molecular flexibility index (Phi) is 5.98. The molecule has 1 rings (SSSR count). The molecule has 0 fully saturated rings. The molecule has 2 unspecified atom stereocenters. The molecule has 0 amide bonds. The minimum absolute atomic E-state index is 0.296. The normalized spacial score (nSPS) is 13.4. The molecule has 3 N–H and O–H groups in total. The molecule has 0 saturated heterocycles. The molecule has 0 bridgehead atoms. The number of carbonyl (C=O) groups is 2. The van der Waals surface area contributed by atoms with Crippen molar-refractivity contribution < 1.29 is 24.2 Å². The van der Waals surface area contributed by atoms with Crippen LogP contribution in [0.4, 0.5) is 0 Å². The predicted molar refractivity (Wildman–Crippen MR) is 67.1 cm³/mol. The quantitative estimate of drug-likeness (QED) is 0.444. The van der Waals surface area contributed by atoms with Crippen LogP contribution in [-0.2, 0) is 14.3 Å². The van der Waals surface area contributed by atoms with Gasteiger partial charge in [0.2, 0.25) is 0 Å². The van der Waals surface area contributed by atoms with E-state index < -0.39 is 30.7 Å². The molecule has 104 valence electrons. The van der Waals surface area contributed by atoms with Gasteiger partial charge in [0.15, 0.2) is 12.3 Å². The molecule has 6 nitrogen and oxygen atoms in total. The highest BCUT2D eigenvalue weighted by Crippen LogP contribution is 2.10. The Morgan fingerprint density at radius 2 is 1.95 bits per heavy atom. The summed E-state index contributed by atoms with van der Waals surface area (Å²) in [5.74, 6) is -1.36. The molecule has 6 heteroatoms. The summed E-state index contributed by atoms with van der Waals surface area (Å²) in [6.07, 6.45) is -2.34. The van der Waals surface area contributed by atoms with E-state index in [0.29, 0.717) is 12.2 Å². The van der Waals surface area contributed by atoms with Crippen LogP contribution in [0.2, 0.25) is 0 Å². The second kappa shape index (κ2) is 7.50. The highest BCUT2D eigenvalue weighted by Gasteiger charge is 2.22. The average molecular weight is 267 g/mol. The monoisotopic (exact) mass is 267 g/mol. The first kappa shape index (κ1) is 15.1. The second-order valence-corrected chi connectivity index (χ2v) is 3.89. The van der Waals surface area contributed by atoms with E-state index in [-0.39, 0.29) is 0 Å². The SMILES string of the molecule is CCC(N)OC(=O)CC(O)C(=O)Oc1ccccc1. The zero-order valence-electron chi connectivity index (χ0n) is 10.6. The highest BCUT2D eigenvalue weighted by atomic mass is 16.6. The molecule has 0 aliphatic rings. The number of aliphatic hydroxyl groups is 1. The molecule has 0 aliphatic heterocycles. The summed E-state index contributed by atoms with van der Waals surface area (Å²) < 4.78 is 9.62. The number of rotatable bonds is 6. The first-order chi connectivity index (χ1) is 9.02. The van der Waals surface area contributed by atoms with Gasteiger partial charge in [-0.2, -0.15) is 0 Å². The number of hydrogen-bond acceptors (Lipinski definition) is 6. The van der Waals surface area contributed by atoms with E-state index in [0.717, 1.165) is 0 Å². The van der Waals surface area contributed by atoms with Crippen molar-refractivity contribution in [3.05, 3.63) is 30.3 Å². The summed E-state index contributed by atoms with van der Waals surface area (Å²) in [4.78, 5) is 22.8. The molecule has 0 heterocycles. The van der Waals surface area contributed by atoms with Crippen LogP contribution in [0, 0.1) is 0 Å². The Morgan fingerprint density at radius 3 is 2.53 bits per heavy atom. The zero-order valence-corrected chi connectivity index (χ0v) is 10.6. The summed E-state index contributed by atoms with van der Waals surface area (Å²) in [7, 11) is 0. The third kappa shape index (κ3) is 5.50. The molecule has 2 atom stereocenters. The van der Waals surface area contributed by atoms with Crippen molar-refractivity contribution in [3.63, 3.8) is 0 Å². The van der Waals surface area contributed by atoms with Crippen LogP contribution in [0.5, 0.6) is 5.75 Å². The molecule has 0 radical (unpaired) electrons. The fourth-order valence-electron chi connectivity index (χ4n) is 1.21. The number of nitrogens with two attached hydrogens (primary N) is 1. The lowest BCUT2D eigenvalue weighted by atomic mass is 10.2. The van der Waals surface area contributed by atoms with E-state index in [1.54, 1.807) is 37.3 Å². The fourth-order valence-corrected chi connectivity index (χ4v) is 1.21. The molecule has 0 aromatic heterocycles. The van der Waals surface area contributed by atoms with Gasteiger partial charge < -0.3 is 14.6 Å². The van der Waals surface area contributed by atoms with E-state index in [1.807, 2.05) is 0 Å². The molecule has 0 spiro atoms. The molecule has 0 aliphatic carbocycles. The van der Waals surface area contributed by atoms with Crippen LogP contribution in [0.25, 0.3) is 0 Å². The number of carbonyl (C=O) groups excluding carboxylic acids is 2. The van der Waals surface area contributed by atoms with E-state index >= 15 is 0 Å². The maximum absolute atomic E-state index is 11.5. The minimum atomic E-state index is -1.57. The Bertz CT molecular complexity index is 420. The van der Waals surface area contributed by atoms with Crippen LogP contribution < -0.4 is 10.5 Å². The zero-order chi connectivity index (χ0) is 14.3. The highest BCUT2D eigenvalue weighted by molar-refractivity contribution is 5.83. The summed E-state index contributed by atoms with van der Waals surface area (Å²) in [5, 5.41) is 9.52. The van der Waals surface area contributed by atoms with Crippen molar-refractivity contribution in [2.24, 2.45) is 5.73 Å². The largest absolute Gasteiger partial charge is 0.447 e. The van der Waals surface area contributed by atoms with Gasteiger partial charge in [-0.1, -0.05) is 25.1 Å². The van der Waals surface area contributed by atoms with Crippen molar-refractivity contribution in [2.45, 2.75) is 32.1 Å². The Morgan fingerprint density at radius 1 is 1.32 bits per heavy atom. The number of benzene rings is 1. The van der Waals surface area contributed by atoms with Crippen molar-refractivity contribution in [1.82, 2.24) is 0 Å². The van der Waals surface area contributed by atoms with Crippen molar-refractivity contribution in [1.29, 1.82) is 0 Å². The third-order valence-corrected chi connectivity index (χ3v) is 2.28. The van der Waals surface area contributed by atoms with Crippen LogP contribution in [-0.4, -0.2) is 29.4 Å². The van der Waals surface area contributed by atoms with E-state index in [4.69, 9.17) is 15.2 Å². The van der Waals surface area contributed by atoms with Gasteiger partial charge in [0, 0.05) is 0 Å². The van der Waals surface area contributed by atoms with Crippen molar-refractivity contribution >= 4 is 11.9 Å². The number of aliphatic hydroxyl groups excluding tert-OH is 1. The van der Waals surface area contributed by atoms with Crippen molar-refractivity contribution in [3.8, 4) is 5.75 Å². The second-order valence-electron chi connectivity index (χ2n) is 3.89. The van der Waals surface area contributed by atoms with Gasteiger partial charge in [0.25, 0.3) is 0 Å². The maximum Gasteiger partial charge on any atom is 0.340 e. The summed E-state index contributed by atoms with van der Waals surface area (Å²) in [6, 6.07) is 8.26. The minimum Gasteiger partial charge on any atom is -0.447 e. The summed E-state index contributed by atoms with van der Waals surface area (Å²) in [5.41, 5.74) is 5.41. The van der Waals surface area contributed by atoms with Gasteiger partial charge in [0.05, 0.1) is 6.42 Å². The lowest BCUT2D eigenvalue weighted by Crippen LogP contribution is -2.32. The number of para-hydroxylation sites is 1. The van der Waals surface area contributed by atoms with E-state index in [2.05, 4.69) is 0 Å². The molecular weight excluding hydrogens is 250 g/mol. The Balaban J connectivity index is 2.43. The number of hydrogen-bond donors (Lipinski definition) is 2. The first-order valence-corrected chi connectivity index (χ1v) is 5.92. The maximum atomic E-state index is 11.5. The smallest absolute Gasteiger partial charge is 0.340 e. The van der Waals surface area contributed by atoms with Crippen LogP contribution in [0.3, 0.4) is 0 Å². The Hall–Kier alpha value is -1.92. The molecule has 1 aromatic carbocycles. The van der Waals surface area contributed by atoms with Gasteiger partial charge in [-0.05, 0) is 18.6 Å². The Labute approximate surface area is 111 Å². The summed E-state index contributed by atoms with van der Waals surface area (Å²) >= 11 is 0. The van der Waals surface area contributed by atoms with Crippen LogP contribution >= 0.6 is 0 Å². The van der Waals surface area contributed by atoms with Gasteiger partial charge in [-0.15, -0.1) is 0 Å². The number of esters is 2. The van der Waals surface area contributed by atoms with Gasteiger partial charge in [-0.25, -0.2) is 4.79 Å². The van der Waals surface area contributed by atoms with Gasteiger partial charge in [0.1, 0.15) is 5.75 Å². The standard InChI is InChI=1S/C13H17NO5/c1-2-11(14)19-12(16)8-10(15)13(17)18-9-6-4-3-5-7-9/h3-7,10-11,15H,2,8,14H2,1H3. The molecule has 1 aromatic rings. The molecule has 19 heavy (non-hydrogen) atoms. The lowest BCUT2D eigenvalue weighted by molar-refractivity contribution is -0.157. The lowest BCUT2D eigenvalue weighted by Gasteiger charge is -2.13. The predicted octanol–water partition coefficient (Wildman–Crippen LogP) is 0.581. The van der Waals surface area contributed by atoms with Gasteiger partial charge >= 0.3 is 11.9 Å². The van der Waals surface area contributed by atoms with Crippen molar-refractivity contribution in [2.75, 3.05) is 0 Å². The van der Waals surface area contributed by atoms with Crippen LogP contribution in [0.1, 0.15) is 19.8 Å². The average Bonchev–Trinajstić information content (AvgIpc) is 2.39. The first-order valence-electron chi connectivity index (χ1n) is 5.92. The third-order valence-electron chi connectivity index (χ3n) is 2.28. The topological polar surface area (TPSA) is 98.9 Å². The van der Waals surface area contributed by atoms with E-state index in [9.17, 15) is 14.7 Å². The fraction of sp³-hybridized carbons (Fsp3) is 0.385. The summed E-state index contributed by atoms with van der Waals surface area (Å²) in [6.45, 7) is 1.75. The van der Waals surface area contributed by atoms with Crippen LogP contribution in [0.15, 0.2) is 30.3 Å². The van der Waals surface area contributed by atoms with E-state index in [1.165, 1.54) is 0 Å². The molecule has 0 saturated carbocycles.